The number of nitrogens with one attached hydrogen (secondary N) is 2. The molecule has 5 rings (SSSR count). The Morgan fingerprint density at radius 2 is 1.79 bits per heavy atom. The number of hydrogen-bond donors (Lipinski definition) is 2. The van der Waals surface area contributed by atoms with Crippen LogP contribution in [0.1, 0.15) is 24.0 Å². The van der Waals surface area contributed by atoms with E-state index in [4.69, 9.17) is 4.74 Å². The Labute approximate surface area is 218 Å². The lowest BCUT2D eigenvalue weighted by Gasteiger charge is -2.15. The SMILES string of the molecule is Cc1ccc(-c2nnc(Nc3cccc(C(F)(F)F)c3)c3ccccc23)cc1S(=O)(=O)NCC1CCCO1. The number of benzene rings is 3. The summed E-state index contributed by atoms with van der Waals surface area (Å²) in [7, 11) is -3.81. The van der Waals surface area contributed by atoms with Crippen molar-refractivity contribution in [3.63, 3.8) is 0 Å². The maximum Gasteiger partial charge on any atom is 0.416 e. The Hall–Kier alpha value is -3.54. The molecule has 1 aliphatic rings. The zero-order valence-corrected chi connectivity index (χ0v) is 21.2. The summed E-state index contributed by atoms with van der Waals surface area (Å²) in [5, 5.41) is 12.8. The van der Waals surface area contributed by atoms with E-state index in [1.807, 2.05) is 0 Å². The summed E-state index contributed by atoms with van der Waals surface area (Å²) >= 11 is 0. The van der Waals surface area contributed by atoms with Crippen LogP contribution in [-0.4, -0.2) is 37.9 Å². The lowest BCUT2D eigenvalue weighted by molar-refractivity contribution is -0.137. The van der Waals surface area contributed by atoms with Crippen LogP contribution in [0.15, 0.2) is 71.6 Å². The molecule has 0 bridgehead atoms. The van der Waals surface area contributed by atoms with Crippen LogP contribution in [0.25, 0.3) is 22.0 Å². The average Bonchev–Trinajstić information content (AvgIpc) is 3.42. The van der Waals surface area contributed by atoms with Crippen molar-refractivity contribution in [3.8, 4) is 11.3 Å². The number of ether oxygens (including phenoxy) is 1. The molecule has 0 radical (unpaired) electrons. The summed E-state index contributed by atoms with van der Waals surface area (Å²) in [6.07, 6.45) is -2.90. The molecule has 0 saturated carbocycles. The van der Waals surface area contributed by atoms with Crippen molar-refractivity contribution in [3.05, 3.63) is 77.9 Å². The summed E-state index contributed by atoms with van der Waals surface area (Å²) in [6.45, 7) is 2.55. The number of rotatable bonds is 7. The molecule has 0 amide bonds. The van der Waals surface area contributed by atoms with Crippen LogP contribution in [0, 0.1) is 6.92 Å². The van der Waals surface area contributed by atoms with Crippen molar-refractivity contribution in [2.75, 3.05) is 18.5 Å². The van der Waals surface area contributed by atoms with E-state index >= 15 is 0 Å². The minimum atomic E-state index is -4.47. The standard InChI is InChI=1S/C27H25F3N4O3S/c1-17-11-12-18(14-24(17)38(35,36)31-16-21-8-5-13-37-21)25-22-9-2-3-10-23(22)26(34-33-25)32-20-7-4-6-19(15-20)27(28,29)30/h2-4,6-7,9-12,14-15,21,31H,5,8,13,16H2,1H3,(H,32,34). The van der Waals surface area contributed by atoms with E-state index in [1.54, 1.807) is 49.4 Å². The number of anilines is 2. The smallest absolute Gasteiger partial charge is 0.377 e. The van der Waals surface area contributed by atoms with Crippen molar-refractivity contribution in [2.24, 2.45) is 0 Å². The van der Waals surface area contributed by atoms with Crippen LogP contribution in [0.3, 0.4) is 0 Å². The van der Waals surface area contributed by atoms with E-state index in [2.05, 4.69) is 20.2 Å². The molecule has 1 aromatic heterocycles. The number of sulfonamides is 1. The molecule has 7 nitrogen and oxygen atoms in total. The highest BCUT2D eigenvalue weighted by Gasteiger charge is 2.30. The molecule has 1 fully saturated rings. The number of hydrogen-bond acceptors (Lipinski definition) is 6. The maximum atomic E-state index is 13.2. The predicted octanol–water partition coefficient (Wildman–Crippen LogP) is 5.82. The molecule has 1 atom stereocenters. The Kier molecular flexibility index (Phi) is 7.08. The summed E-state index contributed by atoms with van der Waals surface area (Å²) < 4.78 is 73.9. The topological polar surface area (TPSA) is 93.2 Å². The largest absolute Gasteiger partial charge is 0.416 e. The third-order valence-corrected chi connectivity index (χ3v) is 7.98. The van der Waals surface area contributed by atoms with Gasteiger partial charge in [-0.25, -0.2) is 13.1 Å². The van der Waals surface area contributed by atoms with Crippen molar-refractivity contribution in [1.82, 2.24) is 14.9 Å². The molecule has 0 spiro atoms. The average molecular weight is 543 g/mol. The van der Waals surface area contributed by atoms with E-state index in [9.17, 15) is 21.6 Å². The van der Waals surface area contributed by atoms with Crippen molar-refractivity contribution in [1.29, 1.82) is 0 Å². The third-order valence-electron chi connectivity index (χ3n) is 6.42. The first-order valence-corrected chi connectivity index (χ1v) is 13.5. The minimum absolute atomic E-state index is 0.130. The van der Waals surface area contributed by atoms with E-state index in [1.165, 1.54) is 12.1 Å². The molecule has 2 N–H and O–H groups in total. The van der Waals surface area contributed by atoms with Crippen LogP contribution >= 0.6 is 0 Å². The quantitative estimate of drug-likeness (QED) is 0.306. The van der Waals surface area contributed by atoms with Gasteiger partial charge < -0.3 is 10.1 Å². The Bertz CT molecular complexity index is 1590. The number of nitrogens with zero attached hydrogens (tertiary/aromatic N) is 2. The number of halogens is 3. The number of fused-ring (bicyclic) bond motifs is 1. The van der Waals surface area contributed by atoms with Crippen LogP contribution in [-0.2, 0) is 20.9 Å². The van der Waals surface area contributed by atoms with Gasteiger partial charge in [-0.15, -0.1) is 10.2 Å². The molecule has 1 aliphatic heterocycles. The van der Waals surface area contributed by atoms with Gasteiger partial charge in [-0.1, -0.05) is 42.5 Å². The monoisotopic (exact) mass is 542 g/mol. The highest BCUT2D eigenvalue weighted by Crippen LogP contribution is 2.34. The third kappa shape index (κ3) is 5.50. The fourth-order valence-corrected chi connectivity index (χ4v) is 5.78. The molecule has 4 aromatic rings. The van der Waals surface area contributed by atoms with Crippen molar-refractivity contribution in [2.45, 2.75) is 36.9 Å². The number of alkyl halides is 3. The Balaban J connectivity index is 1.49. The summed E-state index contributed by atoms with van der Waals surface area (Å²) in [5.74, 6) is 0.280. The van der Waals surface area contributed by atoms with Crippen LogP contribution in [0.2, 0.25) is 0 Å². The van der Waals surface area contributed by atoms with Gasteiger partial charge in [0, 0.05) is 35.2 Å². The molecule has 11 heteroatoms. The molecule has 198 valence electrons. The van der Waals surface area contributed by atoms with Gasteiger partial charge in [0.1, 0.15) is 5.69 Å². The predicted molar refractivity (Wildman–Crippen MR) is 139 cm³/mol. The van der Waals surface area contributed by atoms with E-state index in [-0.39, 0.29) is 29.0 Å². The van der Waals surface area contributed by atoms with Gasteiger partial charge >= 0.3 is 6.18 Å². The molecule has 38 heavy (non-hydrogen) atoms. The lowest BCUT2D eigenvalue weighted by atomic mass is 10.0. The van der Waals surface area contributed by atoms with Gasteiger partial charge in [0.15, 0.2) is 5.82 Å². The van der Waals surface area contributed by atoms with Gasteiger partial charge in [-0.2, -0.15) is 13.2 Å². The fourth-order valence-electron chi connectivity index (χ4n) is 4.44. The van der Waals surface area contributed by atoms with Gasteiger partial charge in [0.25, 0.3) is 0 Å². The first-order valence-electron chi connectivity index (χ1n) is 12.0. The van der Waals surface area contributed by atoms with E-state index < -0.39 is 21.8 Å². The first-order chi connectivity index (χ1) is 18.1. The zero-order valence-electron chi connectivity index (χ0n) is 20.4. The zero-order chi connectivity index (χ0) is 26.9. The Morgan fingerprint density at radius 1 is 1.00 bits per heavy atom. The second-order valence-electron chi connectivity index (χ2n) is 9.11. The second kappa shape index (κ2) is 10.3. The highest BCUT2D eigenvalue weighted by molar-refractivity contribution is 7.89. The van der Waals surface area contributed by atoms with Gasteiger partial charge in [-0.3, -0.25) is 0 Å². The molecule has 0 aliphatic carbocycles. The Morgan fingerprint density at radius 3 is 2.53 bits per heavy atom. The van der Waals surface area contributed by atoms with E-state index in [0.717, 1.165) is 25.0 Å². The lowest BCUT2D eigenvalue weighted by Crippen LogP contribution is -2.32. The van der Waals surface area contributed by atoms with Crippen LogP contribution < -0.4 is 10.0 Å². The van der Waals surface area contributed by atoms with Gasteiger partial charge in [0.05, 0.1) is 16.6 Å². The molecule has 3 aromatic carbocycles. The van der Waals surface area contributed by atoms with E-state index in [0.29, 0.717) is 34.2 Å². The molecule has 1 saturated heterocycles. The summed E-state index contributed by atoms with van der Waals surface area (Å²) in [6, 6.07) is 17.0. The molecule has 2 heterocycles. The first kappa shape index (κ1) is 26.1. The van der Waals surface area contributed by atoms with Crippen LogP contribution in [0.4, 0.5) is 24.7 Å². The molecular formula is C27H25F3N4O3S. The minimum Gasteiger partial charge on any atom is -0.377 e. The summed E-state index contributed by atoms with van der Waals surface area (Å²) in [4.78, 5) is 0.130. The molecular weight excluding hydrogens is 517 g/mol. The van der Waals surface area contributed by atoms with Crippen molar-refractivity contribution < 1.29 is 26.3 Å². The number of aryl methyl sites for hydroxylation is 1. The second-order valence-corrected chi connectivity index (χ2v) is 10.8. The van der Waals surface area contributed by atoms with Crippen molar-refractivity contribution >= 4 is 32.3 Å². The number of aromatic nitrogens is 2. The fraction of sp³-hybridized carbons (Fsp3) is 0.259. The summed E-state index contributed by atoms with van der Waals surface area (Å²) in [5.41, 5.74) is 1.01. The maximum absolute atomic E-state index is 13.2. The van der Waals surface area contributed by atoms with Crippen LogP contribution in [0.5, 0.6) is 0 Å². The van der Waals surface area contributed by atoms with Gasteiger partial charge in [-0.05, 0) is 49.6 Å². The normalized spacial score (nSPS) is 16.2. The molecule has 1 unspecified atom stereocenters. The highest BCUT2D eigenvalue weighted by atomic mass is 32.2. The van der Waals surface area contributed by atoms with Gasteiger partial charge in [0.2, 0.25) is 10.0 Å².